The fourth-order valence-electron chi connectivity index (χ4n) is 2.03. The average Bonchev–Trinajstić information content (AvgIpc) is 2.83. The summed E-state index contributed by atoms with van der Waals surface area (Å²) < 4.78 is 5.21. The van der Waals surface area contributed by atoms with Crippen molar-refractivity contribution >= 4 is 22.3 Å². The van der Waals surface area contributed by atoms with Crippen LogP contribution in [0.2, 0.25) is 0 Å². The molecular weight excluding hydrogens is 224 g/mol. The summed E-state index contributed by atoms with van der Waals surface area (Å²) in [4.78, 5) is 3.24. The minimum absolute atomic E-state index is 0.847. The van der Waals surface area contributed by atoms with E-state index in [1.165, 1.54) is 5.39 Å². The molecule has 0 amide bonds. The van der Waals surface area contributed by atoms with Crippen molar-refractivity contribution in [3.8, 4) is 5.75 Å². The molecule has 0 spiro atoms. The van der Waals surface area contributed by atoms with Crippen LogP contribution in [0.25, 0.3) is 10.9 Å². The summed E-state index contributed by atoms with van der Waals surface area (Å²) in [5.74, 6) is 0.847. The van der Waals surface area contributed by atoms with Gasteiger partial charge in [0.05, 0.1) is 12.8 Å². The molecule has 0 bridgehead atoms. The first-order chi connectivity index (χ1) is 8.86. The zero-order valence-corrected chi connectivity index (χ0v) is 10.1. The average molecular weight is 238 g/mol. The number of hydrogen-bond donors (Lipinski definition) is 2. The van der Waals surface area contributed by atoms with Crippen LogP contribution in [0.15, 0.2) is 54.7 Å². The van der Waals surface area contributed by atoms with Crippen molar-refractivity contribution in [2.75, 3.05) is 12.4 Å². The standard InChI is InChI=1S/C15H14N2O/c1-18-12-6-4-5-11(9-12)17-15-10-16-14-8-3-2-7-13(14)15/h2-10,16-17H,1H3. The van der Waals surface area contributed by atoms with Gasteiger partial charge in [0.1, 0.15) is 5.75 Å². The number of aromatic amines is 1. The highest BCUT2D eigenvalue weighted by molar-refractivity contribution is 5.94. The third-order valence-electron chi connectivity index (χ3n) is 2.94. The second kappa shape index (κ2) is 4.45. The molecule has 0 unspecified atom stereocenters. The van der Waals surface area contributed by atoms with Gasteiger partial charge < -0.3 is 15.0 Å². The molecule has 0 aliphatic carbocycles. The van der Waals surface area contributed by atoms with Crippen LogP contribution in [-0.2, 0) is 0 Å². The van der Waals surface area contributed by atoms with Crippen molar-refractivity contribution in [1.29, 1.82) is 0 Å². The Kier molecular flexibility index (Phi) is 2.65. The molecule has 3 heteroatoms. The van der Waals surface area contributed by atoms with E-state index in [1.807, 2.05) is 42.6 Å². The fraction of sp³-hybridized carbons (Fsp3) is 0.0667. The van der Waals surface area contributed by atoms with E-state index in [9.17, 15) is 0 Å². The Morgan fingerprint density at radius 2 is 1.94 bits per heavy atom. The number of benzene rings is 2. The predicted molar refractivity (Wildman–Crippen MR) is 74.6 cm³/mol. The highest BCUT2D eigenvalue weighted by Gasteiger charge is 2.03. The van der Waals surface area contributed by atoms with Gasteiger partial charge in [0, 0.05) is 28.9 Å². The summed E-state index contributed by atoms with van der Waals surface area (Å²) in [6, 6.07) is 16.1. The lowest BCUT2D eigenvalue weighted by Gasteiger charge is -2.06. The lowest BCUT2D eigenvalue weighted by Crippen LogP contribution is -1.90. The van der Waals surface area contributed by atoms with Gasteiger partial charge >= 0.3 is 0 Å². The van der Waals surface area contributed by atoms with Gasteiger partial charge in [-0.25, -0.2) is 0 Å². The highest BCUT2D eigenvalue weighted by Crippen LogP contribution is 2.27. The largest absolute Gasteiger partial charge is 0.497 e. The van der Waals surface area contributed by atoms with E-state index in [4.69, 9.17) is 4.74 Å². The molecular formula is C15H14N2O. The van der Waals surface area contributed by atoms with Gasteiger partial charge in [0.15, 0.2) is 0 Å². The summed E-state index contributed by atoms with van der Waals surface area (Å²) in [5.41, 5.74) is 3.21. The van der Waals surface area contributed by atoms with Crippen molar-refractivity contribution < 1.29 is 4.74 Å². The maximum atomic E-state index is 5.21. The first-order valence-electron chi connectivity index (χ1n) is 5.84. The molecule has 1 heterocycles. The first-order valence-corrected chi connectivity index (χ1v) is 5.84. The Labute approximate surface area is 105 Å². The monoisotopic (exact) mass is 238 g/mol. The van der Waals surface area contributed by atoms with Crippen LogP contribution < -0.4 is 10.1 Å². The first kappa shape index (κ1) is 10.7. The van der Waals surface area contributed by atoms with E-state index in [0.717, 1.165) is 22.6 Å². The zero-order chi connectivity index (χ0) is 12.4. The van der Waals surface area contributed by atoms with Crippen LogP contribution in [0.1, 0.15) is 0 Å². The van der Waals surface area contributed by atoms with E-state index in [2.05, 4.69) is 22.4 Å². The fourth-order valence-corrected chi connectivity index (χ4v) is 2.03. The Morgan fingerprint density at radius 1 is 1.06 bits per heavy atom. The van der Waals surface area contributed by atoms with Gasteiger partial charge in [-0.15, -0.1) is 0 Å². The molecule has 0 saturated carbocycles. The number of nitrogens with one attached hydrogen (secondary N) is 2. The zero-order valence-electron chi connectivity index (χ0n) is 10.1. The molecule has 0 aliphatic heterocycles. The number of H-pyrrole nitrogens is 1. The van der Waals surface area contributed by atoms with Crippen LogP contribution in [-0.4, -0.2) is 12.1 Å². The molecule has 2 aromatic carbocycles. The highest BCUT2D eigenvalue weighted by atomic mass is 16.5. The number of hydrogen-bond acceptors (Lipinski definition) is 2. The van der Waals surface area contributed by atoms with Gasteiger partial charge in [0.2, 0.25) is 0 Å². The molecule has 0 saturated heterocycles. The summed E-state index contributed by atoms with van der Waals surface area (Å²) in [7, 11) is 1.67. The number of rotatable bonds is 3. The Bertz CT molecular complexity index is 673. The lowest BCUT2D eigenvalue weighted by molar-refractivity contribution is 0.415. The minimum Gasteiger partial charge on any atom is -0.497 e. The molecule has 90 valence electrons. The predicted octanol–water partition coefficient (Wildman–Crippen LogP) is 3.92. The molecule has 0 atom stereocenters. The summed E-state index contributed by atoms with van der Waals surface area (Å²) in [6.45, 7) is 0. The molecule has 0 aliphatic rings. The van der Waals surface area contributed by atoms with E-state index in [-0.39, 0.29) is 0 Å². The van der Waals surface area contributed by atoms with Gasteiger partial charge in [-0.3, -0.25) is 0 Å². The third kappa shape index (κ3) is 1.91. The summed E-state index contributed by atoms with van der Waals surface area (Å²) >= 11 is 0. The Hall–Kier alpha value is -2.42. The summed E-state index contributed by atoms with van der Waals surface area (Å²) in [5, 5.41) is 4.57. The van der Waals surface area contributed by atoms with Crippen LogP contribution in [0.5, 0.6) is 5.75 Å². The van der Waals surface area contributed by atoms with E-state index < -0.39 is 0 Å². The molecule has 3 aromatic rings. The number of aromatic nitrogens is 1. The van der Waals surface area contributed by atoms with Crippen molar-refractivity contribution in [3.05, 3.63) is 54.7 Å². The Morgan fingerprint density at radius 3 is 2.83 bits per heavy atom. The van der Waals surface area contributed by atoms with Crippen LogP contribution in [0, 0.1) is 0 Å². The molecule has 2 N–H and O–H groups in total. The molecule has 0 fully saturated rings. The second-order valence-corrected chi connectivity index (χ2v) is 4.10. The smallest absolute Gasteiger partial charge is 0.120 e. The molecule has 18 heavy (non-hydrogen) atoms. The Balaban J connectivity index is 1.96. The number of para-hydroxylation sites is 1. The second-order valence-electron chi connectivity index (χ2n) is 4.10. The van der Waals surface area contributed by atoms with Gasteiger partial charge in [-0.05, 0) is 18.2 Å². The number of methoxy groups -OCH3 is 1. The molecule has 3 rings (SSSR count). The summed E-state index contributed by atoms with van der Waals surface area (Å²) in [6.07, 6.45) is 1.98. The number of anilines is 2. The maximum Gasteiger partial charge on any atom is 0.120 e. The molecule has 3 nitrogen and oxygen atoms in total. The van der Waals surface area contributed by atoms with Gasteiger partial charge in [-0.1, -0.05) is 24.3 Å². The number of fused-ring (bicyclic) bond motifs is 1. The van der Waals surface area contributed by atoms with Crippen LogP contribution in [0.4, 0.5) is 11.4 Å². The van der Waals surface area contributed by atoms with E-state index in [0.29, 0.717) is 0 Å². The topological polar surface area (TPSA) is 37.0 Å². The van der Waals surface area contributed by atoms with Crippen molar-refractivity contribution in [2.45, 2.75) is 0 Å². The van der Waals surface area contributed by atoms with Crippen molar-refractivity contribution in [2.24, 2.45) is 0 Å². The van der Waals surface area contributed by atoms with Crippen LogP contribution in [0.3, 0.4) is 0 Å². The third-order valence-corrected chi connectivity index (χ3v) is 2.94. The molecule has 1 aromatic heterocycles. The van der Waals surface area contributed by atoms with Crippen LogP contribution >= 0.6 is 0 Å². The minimum atomic E-state index is 0.847. The van der Waals surface area contributed by atoms with Gasteiger partial charge in [0.25, 0.3) is 0 Å². The van der Waals surface area contributed by atoms with E-state index in [1.54, 1.807) is 7.11 Å². The van der Waals surface area contributed by atoms with Crippen molar-refractivity contribution in [3.63, 3.8) is 0 Å². The lowest BCUT2D eigenvalue weighted by atomic mass is 10.2. The quantitative estimate of drug-likeness (QED) is 0.725. The molecule has 0 radical (unpaired) electrons. The maximum absolute atomic E-state index is 5.21. The van der Waals surface area contributed by atoms with Gasteiger partial charge in [-0.2, -0.15) is 0 Å². The van der Waals surface area contributed by atoms with Crippen molar-refractivity contribution in [1.82, 2.24) is 4.98 Å². The number of ether oxygens (including phenoxy) is 1. The normalized spacial score (nSPS) is 10.5. The van der Waals surface area contributed by atoms with E-state index >= 15 is 0 Å². The SMILES string of the molecule is COc1cccc(Nc2c[nH]c3ccccc23)c1.